The molecule has 0 bridgehead atoms. The Morgan fingerprint density at radius 1 is 1.30 bits per heavy atom. The Hall–Kier alpha value is -0.980. The van der Waals surface area contributed by atoms with Gasteiger partial charge in [0, 0.05) is 18.7 Å². The monoisotopic (exact) mass is 389 g/mol. The third-order valence-electron chi connectivity index (χ3n) is 3.40. The maximum atomic E-state index is 12.5. The summed E-state index contributed by atoms with van der Waals surface area (Å²) in [5.74, 6) is 1.43. The predicted molar refractivity (Wildman–Crippen MR) is 86.6 cm³/mol. The molecule has 0 aliphatic carbocycles. The fourth-order valence-corrected chi connectivity index (χ4v) is 3.25. The molecule has 1 aliphatic heterocycles. The first-order valence-corrected chi connectivity index (χ1v) is 8.04. The van der Waals surface area contributed by atoms with E-state index in [9.17, 15) is 4.79 Å². The van der Waals surface area contributed by atoms with Crippen LogP contribution in [-0.4, -0.2) is 37.6 Å². The van der Waals surface area contributed by atoms with Gasteiger partial charge in [-0.1, -0.05) is 0 Å². The van der Waals surface area contributed by atoms with E-state index in [1.165, 1.54) is 6.42 Å². The van der Waals surface area contributed by atoms with Gasteiger partial charge in [0.1, 0.15) is 0 Å². The average molecular weight is 389 g/mol. The van der Waals surface area contributed by atoms with Gasteiger partial charge in [0.15, 0.2) is 11.5 Å². The van der Waals surface area contributed by atoms with Gasteiger partial charge in [0.25, 0.3) is 5.91 Å². The summed E-state index contributed by atoms with van der Waals surface area (Å²) in [7, 11) is 1.62. The van der Waals surface area contributed by atoms with Crippen LogP contribution in [0, 0.1) is 3.57 Å². The van der Waals surface area contributed by atoms with Crippen LogP contribution in [0.2, 0.25) is 0 Å². The van der Waals surface area contributed by atoms with Gasteiger partial charge in [0.2, 0.25) is 0 Å². The molecule has 5 heteroatoms. The summed E-state index contributed by atoms with van der Waals surface area (Å²) in [6.45, 7) is 4.18. The molecule has 1 heterocycles. The van der Waals surface area contributed by atoms with Gasteiger partial charge in [-0.2, -0.15) is 0 Å². The van der Waals surface area contributed by atoms with Gasteiger partial charge >= 0.3 is 0 Å². The van der Waals surface area contributed by atoms with Crippen LogP contribution in [0.3, 0.4) is 0 Å². The molecule has 0 aromatic heterocycles. The summed E-state index contributed by atoms with van der Waals surface area (Å²) in [5, 5.41) is 0. The number of hydrogen-bond donors (Lipinski definition) is 0. The molecule has 0 saturated carbocycles. The number of carbonyl (C=O) groups is 1. The number of carbonyl (C=O) groups excluding carboxylic acids is 1. The first kappa shape index (κ1) is 15.4. The lowest BCUT2D eigenvalue weighted by atomic mass is 10.1. The van der Waals surface area contributed by atoms with Gasteiger partial charge in [-0.15, -0.1) is 0 Å². The fraction of sp³-hybridized carbons (Fsp3) is 0.533. The zero-order valence-electron chi connectivity index (χ0n) is 11.9. The SMILES string of the molecule is CCOc1cc(C(=O)N2CCCCC2)cc(I)c1OC. The maximum absolute atomic E-state index is 12.5. The van der Waals surface area contributed by atoms with E-state index in [2.05, 4.69) is 22.6 Å². The molecule has 0 unspecified atom stereocenters. The van der Waals surface area contributed by atoms with E-state index >= 15 is 0 Å². The molecule has 0 spiro atoms. The zero-order chi connectivity index (χ0) is 14.5. The van der Waals surface area contributed by atoms with Crippen molar-refractivity contribution in [1.29, 1.82) is 0 Å². The fourth-order valence-electron chi connectivity index (χ4n) is 2.43. The molecule has 1 aromatic carbocycles. The second kappa shape index (κ2) is 7.15. The number of piperidine rings is 1. The number of halogens is 1. The van der Waals surface area contributed by atoms with Crippen molar-refractivity contribution in [2.45, 2.75) is 26.2 Å². The first-order valence-electron chi connectivity index (χ1n) is 6.97. The van der Waals surface area contributed by atoms with E-state index in [4.69, 9.17) is 9.47 Å². The number of rotatable bonds is 4. The molecule has 1 fully saturated rings. The highest BCUT2D eigenvalue weighted by Crippen LogP contribution is 2.34. The maximum Gasteiger partial charge on any atom is 0.254 e. The lowest BCUT2D eigenvalue weighted by Gasteiger charge is -2.27. The number of likely N-dealkylation sites (tertiary alicyclic amines) is 1. The Morgan fingerprint density at radius 3 is 2.60 bits per heavy atom. The van der Waals surface area contributed by atoms with Gasteiger partial charge in [-0.3, -0.25) is 4.79 Å². The summed E-state index contributed by atoms with van der Waals surface area (Å²) in [6, 6.07) is 3.67. The van der Waals surface area contributed by atoms with Crippen LogP contribution in [0.1, 0.15) is 36.5 Å². The Bertz CT molecular complexity index is 484. The molecule has 0 atom stereocenters. The van der Waals surface area contributed by atoms with Crippen molar-refractivity contribution in [3.63, 3.8) is 0 Å². The van der Waals surface area contributed by atoms with Crippen molar-refractivity contribution >= 4 is 28.5 Å². The van der Waals surface area contributed by atoms with E-state index in [0.29, 0.717) is 23.7 Å². The predicted octanol–water partition coefficient (Wildman–Crippen LogP) is 3.32. The van der Waals surface area contributed by atoms with E-state index in [0.717, 1.165) is 29.5 Å². The van der Waals surface area contributed by atoms with Gasteiger partial charge in [-0.05, 0) is 60.9 Å². The second-order valence-electron chi connectivity index (χ2n) is 4.78. The van der Waals surface area contributed by atoms with Crippen molar-refractivity contribution in [3.8, 4) is 11.5 Å². The molecule has 110 valence electrons. The molecule has 4 nitrogen and oxygen atoms in total. The molecule has 0 N–H and O–H groups in total. The minimum absolute atomic E-state index is 0.0891. The second-order valence-corrected chi connectivity index (χ2v) is 5.94. The van der Waals surface area contributed by atoms with Crippen LogP contribution >= 0.6 is 22.6 Å². The minimum Gasteiger partial charge on any atom is -0.492 e. The number of methoxy groups -OCH3 is 1. The Morgan fingerprint density at radius 2 is 2.00 bits per heavy atom. The number of nitrogens with zero attached hydrogens (tertiary/aromatic N) is 1. The van der Waals surface area contributed by atoms with E-state index < -0.39 is 0 Å². The third-order valence-corrected chi connectivity index (χ3v) is 4.21. The van der Waals surface area contributed by atoms with Crippen LogP contribution in [0.5, 0.6) is 11.5 Å². The van der Waals surface area contributed by atoms with Crippen LogP contribution in [0.15, 0.2) is 12.1 Å². The standard InChI is InChI=1S/C15H20INO3/c1-3-20-13-10-11(9-12(16)14(13)19-2)15(18)17-7-5-4-6-8-17/h9-10H,3-8H2,1-2H3. The molecule has 20 heavy (non-hydrogen) atoms. The van der Waals surface area contributed by atoms with Crippen molar-refractivity contribution in [3.05, 3.63) is 21.3 Å². The van der Waals surface area contributed by atoms with Gasteiger partial charge < -0.3 is 14.4 Å². The third kappa shape index (κ3) is 3.37. The minimum atomic E-state index is 0.0891. The van der Waals surface area contributed by atoms with Crippen molar-refractivity contribution in [2.24, 2.45) is 0 Å². The Labute approximate surface area is 133 Å². The highest BCUT2D eigenvalue weighted by atomic mass is 127. The van der Waals surface area contributed by atoms with Crippen LogP contribution in [0.25, 0.3) is 0 Å². The largest absolute Gasteiger partial charge is 0.492 e. The summed E-state index contributed by atoms with van der Waals surface area (Å²) in [4.78, 5) is 14.5. The van der Waals surface area contributed by atoms with E-state index in [1.807, 2.05) is 17.9 Å². The smallest absolute Gasteiger partial charge is 0.254 e. The number of benzene rings is 1. The summed E-state index contributed by atoms with van der Waals surface area (Å²) in [6.07, 6.45) is 3.41. The van der Waals surface area contributed by atoms with Crippen LogP contribution in [-0.2, 0) is 0 Å². The summed E-state index contributed by atoms with van der Waals surface area (Å²) in [5.41, 5.74) is 0.681. The summed E-state index contributed by atoms with van der Waals surface area (Å²) >= 11 is 2.18. The topological polar surface area (TPSA) is 38.8 Å². The Kier molecular flexibility index (Phi) is 5.51. The molecule has 1 aromatic rings. The quantitative estimate of drug-likeness (QED) is 0.742. The van der Waals surface area contributed by atoms with Crippen LogP contribution < -0.4 is 9.47 Å². The first-order chi connectivity index (χ1) is 9.67. The lowest BCUT2D eigenvalue weighted by Crippen LogP contribution is -2.35. The van der Waals surface area contributed by atoms with Crippen molar-refractivity contribution < 1.29 is 14.3 Å². The highest BCUT2D eigenvalue weighted by Gasteiger charge is 2.21. The summed E-state index contributed by atoms with van der Waals surface area (Å²) < 4.78 is 11.8. The molecular weight excluding hydrogens is 369 g/mol. The molecule has 0 radical (unpaired) electrons. The normalized spacial score (nSPS) is 15.1. The molecule has 1 amide bonds. The molecule has 2 rings (SSSR count). The van der Waals surface area contributed by atoms with E-state index in [-0.39, 0.29) is 5.91 Å². The number of hydrogen-bond acceptors (Lipinski definition) is 3. The number of ether oxygens (including phenoxy) is 2. The molecular formula is C15H20INO3. The Balaban J connectivity index is 2.29. The van der Waals surface area contributed by atoms with E-state index in [1.54, 1.807) is 13.2 Å². The number of amides is 1. The van der Waals surface area contributed by atoms with Gasteiger partial charge in [-0.25, -0.2) is 0 Å². The van der Waals surface area contributed by atoms with Crippen molar-refractivity contribution in [1.82, 2.24) is 4.90 Å². The lowest BCUT2D eigenvalue weighted by molar-refractivity contribution is 0.0723. The molecule has 1 saturated heterocycles. The van der Waals surface area contributed by atoms with Crippen LogP contribution in [0.4, 0.5) is 0 Å². The molecule has 1 aliphatic rings. The highest BCUT2D eigenvalue weighted by molar-refractivity contribution is 14.1. The zero-order valence-corrected chi connectivity index (χ0v) is 14.1. The average Bonchev–Trinajstić information content (AvgIpc) is 2.47. The van der Waals surface area contributed by atoms with Gasteiger partial charge in [0.05, 0.1) is 17.3 Å². The van der Waals surface area contributed by atoms with Crippen molar-refractivity contribution in [2.75, 3.05) is 26.8 Å².